The number of thiophene rings is 1. The summed E-state index contributed by atoms with van der Waals surface area (Å²) in [4.78, 5) is 29.2. The molecule has 1 aliphatic heterocycles. The molecule has 0 bridgehead atoms. The highest BCUT2D eigenvalue weighted by molar-refractivity contribution is 7.09. The van der Waals surface area contributed by atoms with E-state index in [9.17, 15) is 19.8 Å². The Kier molecular flexibility index (Phi) is 7.83. The monoisotopic (exact) mass is 535 g/mol. The number of Topliss-reactive ketones (excluding diaryl/α,β-unsaturated/α-hetero) is 1. The van der Waals surface area contributed by atoms with Crippen molar-refractivity contribution in [3.8, 4) is 17.2 Å². The molecule has 1 aliphatic rings. The van der Waals surface area contributed by atoms with Crippen molar-refractivity contribution < 1.29 is 29.3 Å². The standard InChI is InChI=1S/C30H33NO6S/c1-6-36-23-13-11-19(15-21(23)30(3,4)5)27(33)25-26(18-10-12-22(32)24(16-18)37-7-2)31(29(35)28(25)34)17-20-9-8-14-38-20/h8-16,26,32-33H,6-7,17H2,1-5H3/b27-25+. The van der Waals surface area contributed by atoms with Gasteiger partial charge >= 0.3 is 0 Å². The number of phenolic OH excluding ortho intramolecular Hbond substituents is 1. The summed E-state index contributed by atoms with van der Waals surface area (Å²) in [7, 11) is 0. The molecule has 38 heavy (non-hydrogen) atoms. The van der Waals surface area contributed by atoms with Crippen molar-refractivity contribution in [2.75, 3.05) is 13.2 Å². The highest BCUT2D eigenvalue weighted by atomic mass is 32.1. The summed E-state index contributed by atoms with van der Waals surface area (Å²) >= 11 is 1.48. The molecule has 8 heteroatoms. The normalized spacial score (nSPS) is 17.2. The van der Waals surface area contributed by atoms with Crippen LogP contribution < -0.4 is 9.47 Å². The number of aliphatic hydroxyl groups is 1. The van der Waals surface area contributed by atoms with E-state index in [0.717, 1.165) is 10.4 Å². The molecule has 1 amide bonds. The molecule has 2 aromatic carbocycles. The molecule has 4 rings (SSSR count). The number of nitrogens with zero attached hydrogens (tertiary/aromatic N) is 1. The molecule has 0 saturated carbocycles. The van der Waals surface area contributed by atoms with E-state index in [4.69, 9.17) is 9.47 Å². The second kappa shape index (κ2) is 10.9. The molecule has 0 radical (unpaired) electrons. The molecule has 3 aromatic rings. The number of likely N-dealkylation sites (tertiary alicyclic amines) is 1. The quantitative estimate of drug-likeness (QED) is 0.203. The van der Waals surface area contributed by atoms with Crippen LogP contribution in [0.25, 0.3) is 5.76 Å². The van der Waals surface area contributed by atoms with Crippen molar-refractivity contribution >= 4 is 28.8 Å². The van der Waals surface area contributed by atoms with Gasteiger partial charge in [0.05, 0.1) is 31.4 Å². The van der Waals surface area contributed by atoms with Crippen LogP contribution in [-0.4, -0.2) is 40.0 Å². The summed E-state index contributed by atoms with van der Waals surface area (Å²) in [6.07, 6.45) is 0. The molecule has 0 aliphatic carbocycles. The lowest BCUT2D eigenvalue weighted by molar-refractivity contribution is -0.140. The minimum absolute atomic E-state index is 0.0105. The number of rotatable bonds is 8. The number of hydrogen-bond acceptors (Lipinski definition) is 7. The number of hydrogen-bond donors (Lipinski definition) is 2. The van der Waals surface area contributed by atoms with Crippen LogP contribution in [0.1, 0.15) is 62.2 Å². The molecule has 1 unspecified atom stereocenters. The average molecular weight is 536 g/mol. The average Bonchev–Trinajstić information content (AvgIpc) is 3.47. The third-order valence-electron chi connectivity index (χ3n) is 6.41. The zero-order chi connectivity index (χ0) is 27.6. The van der Waals surface area contributed by atoms with Crippen LogP contribution in [0.4, 0.5) is 0 Å². The lowest BCUT2D eigenvalue weighted by Crippen LogP contribution is -2.28. The number of phenols is 1. The van der Waals surface area contributed by atoms with Crippen molar-refractivity contribution in [2.45, 2.75) is 52.6 Å². The molecule has 1 aromatic heterocycles. The number of benzene rings is 2. The Hall–Kier alpha value is -3.78. The predicted octanol–water partition coefficient (Wildman–Crippen LogP) is 6.17. The zero-order valence-electron chi connectivity index (χ0n) is 22.3. The van der Waals surface area contributed by atoms with Gasteiger partial charge in [0.25, 0.3) is 11.7 Å². The highest BCUT2D eigenvalue weighted by Crippen LogP contribution is 2.43. The minimum atomic E-state index is -0.874. The fraction of sp³-hybridized carbons (Fsp3) is 0.333. The van der Waals surface area contributed by atoms with Gasteiger partial charge in [-0.15, -0.1) is 11.3 Å². The van der Waals surface area contributed by atoms with Crippen LogP contribution >= 0.6 is 11.3 Å². The van der Waals surface area contributed by atoms with Crippen LogP contribution in [0.2, 0.25) is 0 Å². The first-order valence-electron chi connectivity index (χ1n) is 12.6. The SMILES string of the molecule is CCOc1cc(C2/C(=C(\O)c3ccc(OCC)c(C(C)(C)C)c3)C(=O)C(=O)N2Cc2cccs2)ccc1O. The van der Waals surface area contributed by atoms with Crippen LogP contribution in [0.3, 0.4) is 0 Å². The summed E-state index contributed by atoms with van der Waals surface area (Å²) in [6.45, 7) is 10.8. The van der Waals surface area contributed by atoms with Gasteiger partial charge in [0.1, 0.15) is 11.5 Å². The van der Waals surface area contributed by atoms with Crippen molar-refractivity contribution in [2.24, 2.45) is 0 Å². The summed E-state index contributed by atoms with van der Waals surface area (Å²) in [6, 6.07) is 12.9. The van der Waals surface area contributed by atoms with E-state index in [-0.39, 0.29) is 34.8 Å². The lowest BCUT2D eigenvalue weighted by Gasteiger charge is -2.26. The van der Waals surface area contributed by atoms with Crippen LogP contribution in [0.5, 0.6) is 17.2 Å². The van der Waals surface area contributed by atoms with E-state index in [1.807, 2.05) is 51.3 Å². The number of carbonyl (C=O) groups excluding carboxylic acids is 2. The number of carbonyl (C=O) groups is 2. The van der Waals surface area contributed by atoms with E-state index >= 15 is 0 Å². The first-order chi connectivity index (χ1) is 18.1. The predicted molar refractivity (Wildman–Crippen MR) is 148 cm³/mol. The maximum atomic E-state index is 13.5. The van der Waals surface area contributed by atoms with Gasteiger partial charge in [0, 0.05) is 16.0 Å². The number of ketones is 1. The van der Waals surface area contributed by atoms with E-state index in [2.05, 4.69) is 0 Å². The van der Waals surface area contributed by atoms with Crippen molar-refractivity contribution in [3.05, 3.63) is 81.1 Å². The smallest absolute Gasteiger partial charge is 0.295 e. The van der Waals surface area contributed by atoms with Gasteiger partial charge in [-0.05, 0) is 66.6 Å². The minimum Gasteiger partial charge on any atom is -0.507 e. The molecule has 0 spiro atoms. The molecule has 2 N–H and O–H groups in total. The third kappa shape index (κ3) is 5.27. The fourth-order valence-electron chi connectivity index (χ4n) is 4.63. The first-order valence-corrected chi connectivity index (χ1v) is 13.5. The second-order valence-corrected chi connectivity index (χ2v) is 11.1. The Morgan fingerprint density at radius 3 is 2.34 bits per heavy atom. The van der Waals surface area contributed by atoms with Crippen molar-refractivity contribution in [1.29, 1.82) is 0 Å². The van der Waals surface area contributed by atoms with Crippen molar-refractivity contribution in [1.82, 2.24) is 4.90 Å². The topological polar surface area (TPSA) is 96.3 Å². The Balaban J connectivity index is 1.91. The van der Waals surface area contributed by atoms with Crippen LogP contribution in [0.15, 0.2) is 59.5 Å². The van der Waals surface area contributed by atoms with Gasteiger partial charge in [0.2, 0.25) is 0 Å². The molecule has 1 saturated heterocycles. The number of aromatic hydroxyl groups is 1. The van der Waals surface area contributed by atoms with Gasteiger partial charge in [-0.2, -0.15) is 0 Å². The molecular formula is C30H33NO6S. The summed E-state index contributed by atoms with van der Waals surface area (Å²) in [5, 5.41) is 23.8. The van der Waals surface area contributed by atoms with Gasteiger partial charge in [-0.1, -0.05) is 32.9 Å². The van der Waals surface area contributed by atoms with Gasteiger partial charge in [-0.3, -0.25) is 9.59 Å². The van der Waals surface area contributed by atoms with Crippen LogP contribution in [-0.2, 0) is 21.5 Å². The molecule has 1 fully saturated rings. The van der Waals surface area contributed by atoms with E-state index in [1.165, 1.54) is 22.3 Å². The molecule has 7 nitrogen and oxygen atoms in total. The molecule has 2 heterocycles. The maximum absolute atomic E-state index is 13.5. The van der Waals surface area contributed by atoms with Gasteiger partial charge < -0.3 is 24.6 Å². The van der Waals surface area contributed by atoms with Gasteiger partial charge in [0.15, 0.2) is 11.5 Å². The summed E-state index contributed by atoms with van der Waals surface area (Å²) < 4.78 is 11.4. The van der Waals surface area contributed by atoms with E-state index in [1.54, 1.807) is 31.2 Å². The molecule has 1 atom stereocenters. The number of amides is 1. The van der Waals surface area contributed by atoms with Crippen molar-refractivity contribution in [3.63, 3.8) is 0 Å². The van der Waals surface area contributed by atoms with Gasteiger partial charge in [-0.25, -0.2) is 0 Å². The van der Waals surface area contributed by atoms with E-state index < -0.39 is 17.7 Å². The third-order valence-corrected chi connectivity index (χ3v) is 7.27. The Labute approximate surface area is 226 Å². The molecular weight excluding hydrogens is 502 g/mol. The maximum Gasteiger partial charge on any atom is 0.295 e. The largest absolute Gasteiger partial charge is 0.507 e. The second-order valence-electron chi connectivity index (χ2n) is 10.1. The van der Waals surface area contributed by atoms with E-state index in [0.29, 0.717) is 30.1 Å². The highest BCUT2D eigenvalue weighted by Gasteiger charge is 2.46. The number of ether oxygens (including phenoxy) is 2. The molecule has 200 valence electrons. The first kappa shape index (κ1) is 27.3. The van der Waals surface area contributed by atoms with Crippen LogP contribution in [0, 0.1) is 0 Å². The summed E-state index contributed by atoms with van der Waals surface area (Å²) in [5.74, 6) is -0.832. The summed E-state index contributed by atoms with van der Waals surface area (Å²) in [5.41, 5.74) is 1.53. The lowest BCUT2D eigenvalue weighted by atomic mass is 9.84. The fourth-order valence-corrected chi connectivity index (χ4v) is 5.33. The number of aliphatic hydroxyl groups excluding tert-OH is 1. The Morgan fingerprint density at radius 2 is 1.71 bits per heavy atom. The Bertz CT molecular complexity index is 1370. The zero-order valence-corrected chi connectivity index (χ0v) is 23.1. The Morgan fingerprint density at radius 1 is 1.00 bits per heavy atom.